The second-order valence-electron chi connectivity index (χ2n) is 3.34. The molecule has 0 aliphatic carbocycles. The average Bonchev–Trinajstić information content (AvgIpc) is 2.67. The van der Waals surface area contributed by atoms with Crippen molar-refractivity contribution in [3.63, 3.8) is 0 Å². The summed E-state index contributed by atoms with van der Waals surface area (Å²) in [6.45, 7) is 2.29. The van der Waals surface area contributed by atoms with E-state index in [1.54, 1.807) is 0 Å². The molecule has 2 rings (SSSR count). The van der Waals surface area contributed by atoms with Crippen LogP contribution in [-0.4, -0.2) is 4.98 Å². The summed E-state index contributed by atoms with van der Waals surface area (Å²) in [5.74, 6) is -1.70. The van der Waals surface area contributed by atoms with E-state index in [9.17, 15) is 8.78 Å². The highest BCUT2D eigenvalue weighted by Crippen LogP contribution is 2.18. The van der Waals surface area contributed by atoms with Gasteiger partial charge in [-0.3, -0.25) is 0 Å². The number of nitrogens with one attached hydrogen (secondary N) is 1. The lowest BCUT2D eigenvalue weighted by Gasteiger charge is -2.05. The number of anilines is 1. The molecule has 0 saturated carbocycles. The zero-order valence-electron chi connectivity index (χ0n) is 8.63. The van der Waals surface area contributed by atoms with Crippen molar-refractivity contribution >= 4 is 17.0 Å². The van der Waals surface area contributed by atoms with Crippen LogP contribution >= 0.6 is 11.3 Å². The smallest absolute Gasteiger partial charge is 0.181 e. The molecule has 0 aliphatic heterocycles. The molecule has 5 heteroatoms. The SMILES string of the molecule is Cc1csc(CNc2cccc(F)c2F)n1. The Morgan fingerprint density at radius 1 is 1.38 bits per heavy atom. The maximum atomic E-state index is 13.3. The minimum atomic E-state index is -0.851. The molecule has 16 heavy (non-hydrogen) atoms. The topological polar surface area (TPSA) is 24.9 Å². The monoisotopic (exact) mass is 240 g/mol. The number of thiazole rings is 1. The van der Waals surface area contributed by atoms with Crippen LogP contribution in [-0.2, 0) is 6.54 Å². The highest BCUT2D eigenvalue weighted by atomic mass is 32.1. The average molecular weight is 240 g/mol. The maximum Gasteiger partial charge on any atom is 0.181 e. The van der Waals surface area contributed by atoms with Crippen LogP contribution in [0.3, 0.4) is 0 Å². The van der Waals surface area contributed by atoms with Gasteiger partial charge in [0.1, 0.15) is 5.01 Å². The summed E-state index contributed by atoms with van der Waals surface area (Å²) in [6.07, 6.45) is 0. The van der Waals surface area contributed by atoms with Gasteiger partial charge in [0, 0.05) is 11.1 Å². The van der Waals surface area contributed by atoms with E-state index in [1.807, 2.05) is 12.3 Å². The molecule has 1 heterocycles. The number of nitrogens with zero attached hydrogens (tertiary/aromatic N) is 1. The summed E-state index contributed by atoms with van der Waals surface area (Å²) >= 11 is 1.49. The van der Waals surface area contributed by atoms with E-state index in [0.29, 0.717) is 6.54 Å². The van der Waals surface area contributed by atoms with Crippen molar-refractivity contribution in [3.8, 4) is 0 Å². The Morgan fingerprint density at radius 2 is 2.19 bits per heavy atom. The fourth-order valence-electron chi connectivity index (χ4n) is 1.30. The van der Waals surface area contributed by atoms with Crippen molar-refractivity contribution in [1.29, 1.82) is 0 Å². The molecular formula is C11H10F2N2S. The van der Waals surface area contributed by atoms with E-state index in [-0.39, 0.29) is 5.69 Å². The number of rotatable bonds is 3. The van der Waals surface area contributed by atoms with Crippen LogP contribution in [0, 0.1) is 18.6 Å². The normalized spacial score (nSPS) is 10.4. The van der Waals surface area contributed by atoms with Gasteiger partial charge in [-0.25, -0.2) is 13.8 Å². The summed E-state index contributed by atoms with van der Waals surface area (Å²) in [4.78, 5) is 4.22. The van der Waals surface area contributed by atoms with E-state index in [4.69, 9.17) is 0 Å². The molecule has 0 radical (unpaired) electrons. The predicted octanol–water partition coefficient (Wildman–Crippen LogP) is 3.34. The first kappa shape index (κ1) is 11.0. The van der Waals surface area contributed by atoms with E-state index in [0.717, 1.165) is 16.8 Å². The summed E-state index contributed by atoms with van der Waals surface area (Å²) in [5.41, 5.74) is 1.09. The van der Waals surface area contributed by atoms with Gasteiger partial charge in [-0.1, -0.05) is 6.07 Å². The van der Waals surface area contributed by atoms with E-state index in [2.05, 4.69) is 10.3 Å². The van der Waals surface area contributed by atoms with Gasteiger partial charge in [-0.15, -0.1) is 11.3 Å². The molecule has 0 unspecified atom stereocenters. The van der Waals surface area contributed by atoms with E-state index >= 15 is 0 Å². The van der Waals surface area contributed by atoms with Crippen LogP contribution in [0.1, 0.15) is 10.7 Å². The van der Waals surface area contributed by atoms with Crippen LogP contribution in [0.25, 0.3) is 0 Å². The second-order valence-corrected chi connectivity index (χ2v) is 4.28. The summed E-state index contributed by atoms with van der Waals surface area (Å²) in [5, 5.41) is 5.58. The summed E-state index contributed by atoms with van der Waals surface area (Å²) < 4.78 is 26.1. The molecule has 0 bridgehead atoms. The molecule has 0 saturated heterocycles. The lowest BCUT2D eigenvalue weighted by Crippen LogP contribution is -2.02. The molecule has 0 aliphatic rings. The standard InChI is InChI=1S/C11H10F2N2S/c1-7-6-16-10(15-7)5-14-9-4-2-3-8(12)11(9)13/h2-4,6,14H,5H2,1H3. The minimum Gasteiger partial charge on any atom is -0.376 e. The van der Waals surface area contributed by atoms with Gasteiger partial charge in [-0.05, 0) is 19.1 Å². The number of hydrogen-bond acceptors (Lipinski definition) is 3. The number of aromatic nitrogens is 1. The molecule has 0 atom stereocenters. The molecule has 1 aromatic carbocycles. The molecule has 0 fully saturated rings. The summed E-state index contributed by atoms with van der Waals surface area (Å²) in [6, 6.07) is 4.06. The lowest BCUT2D eigenvalue weighted by molar-refractivity contribution is 0.511. The molecule has 0 spiro atoms. The zero-order valence-corrected chi connectivity index (χ0v) is 9.44. The first-order valence-corrected chi connectivity index (χ1v) is 5.63. The third kappa shape index (κ3) is 2.36. The van der Waals surface area contributed by atoms with Crippen LogP contribution in [0.5, 0.6) is 0 Å². The van der Waals surface area contributed by atoms with Gasteiger partial charge < -0.3 is 5.32 Å². The quantitative estimate of drug-likeness (QED) is 0.890. The predicted molar refractivity (Wildman–Crippen MR) is 60.5 cm³/mol. The van der Waals surface area contributed by atoms with Gasteiger partial charge in [-0.2, -0.15) is 0 Å². The Bertz CT molecular complexity index is 496. The van der Waals surface area contributed by atoms with Crippen LogP contribution in [0.2, 0.25) is 0 Å². The minimum absolute atomic E-state index is 0.160. The third-order valence-electron chi connectivity index (χ3n) is 2.05. The molecule has 84 valence electrons. The maximum absolute atomic E-state index is 13.3. The Kier molecular flexibility index (Phi) is 3.14. The third-order valence-corrected chi connectivity index (χ3v) is 3.01. The fourth-order valence-corrected chi connectivity index (χ4v) is 2.01. The van der Waals surface area contributed by atoms with Crippen molar-refractivity contribution in [2.45, 2.75) is 13.5 Å². The number of halogens is 2. The molecule has 0 amide bonds. The van der Waals surface area contributed by atoms with Crippen molar-refractivity contribution in [2.24, 2.45) is 0 Å². The zero-order chi connectivity index (χ0) is 11.5. The molecule has 1 aromatic heterocycles. The molecular weight excluding hydrogens is 230 g/mol. The number of benzene rings is 1. The largest absolute Gasteiger partial charge is 0.376 e. The van der Waals surface area contributed by atoms with Crippen molar-refractivity contribution in [2.75, 3.05) is 5.32 Å². The Hall–Kier alpha value is -1.49. The highest BCUT2D eigenvalue weighted by Gasteiger charge is 2.07. The van der Waals surface area contributed by atoms with Crippen molar-refractivity contribution in [1.82, 2.24) is 4.98 Å². The Labute approximate surface area is 96.0 Å². The van der Waals surface area contributed by atoms with E-state index < -0.39 is 11.6 Å². The van der Waals surface area contributed by atoms with Crippen LogP contribution in [0.15, 0.2) is 23.6 Å². The van der Waals surface area contributed by atoms with Gasteiger partial charge >= 0.3 is 0 Å². The second kappa shape index (κ2) is 4.57. The lowest BCUT2D eigenvalue weighted by atomic mass is 10.3. The Morgan fingerprint density at radius 3 is 2.88 bits per heavy atom. The Balaban J connectivity index is 2.07. The first-order chi connectivity index (χ1) is 7.66. The van der Waals surface area contributed by atoms with Crippen molar-refractivity contribution < 1.29 is 8.78 Å². The highest BCUT2D eigenvalue weighted by molar-refractivity contribution is 7.09. The summed E-state index contributed by atoms with van der Waals surface area (Å²) in [7, 11) is 0. The van der Waals surface area contributed by atoms with Crippen molar-refractivity contribution in [3.05, 3.63) is 45.9 Å². The van der Waals surface area contributed by atoms with Gasteiger partial charge in [0.05, 0.1) is 12.2 Å². The van der Waals surface area contributed by atoms with Gasteiger partial charge in [0.2, 0.25) is 0 Å². The van der Waals surface area contributed by atoms with Gasteiger partial charge in [0.15, 0.2) is 11.6 Å². The molecule has 2 aromatic rings. The van der Waals surface area contributed by atoms with Gasteiger partial charge in [0.25, 0.3) is 0 Å². The van der Waals surface area contributed by atoms with Crippen LogP contribution < -0.4 is 5.32 Å². The number of aryl methyl sites for hydroxylation is 1. The molecule has 2 nitrogen and oxygen atoms in total. The molecule has 1 N–H and O–H groups in total. The van der Waals surface area contributed by atoms with Crippen LogP contribution in [0.4, 0.5) is 14.5 Å². The fraction of sp³-hybridized carbons (Fsp3) is 0.182. The van der Waals surface area contributed by atoms with E-state index in [1.165, 1.54) is 23.5 Å². The first-order valence-electron chi connectivity index (χ1n) is 4.75. The number of hydrogen-bond donors (Lipinski definition) is 1.